The van der Waals surface area contributed by atoms with E-state index in [4.69, 9.17) is 0 Å². The summed E-state index contributed by atoms with van der Waals surface area (Å²) in [5.41, 5.74) is 0. The Morgan fingerprint density at radius 1 is 1.30 bits per heavy atom. The van der Waals surface area contributed by atoms with E-state index >= 15 is 0 Å². The summed E-state index contributed by atoms with van der Waals surface area (Å²) in [7, 11) is 0. The van der Waals surface area contributed by atoms with Crippen molar-refractivity contribution in [3.05, 3.63) is 5.38 Å². The lowest BCUT2D eigenvalue weighted by Gasteiger charge is -2.26. The van der Waals surface area contributed by atoms with Gasteiger partial charge in [-0.25, -0.2) is 4.98 Å². The van der Waals surface area contributed by atoms with Crippen LogP contribution in [-0.4, -0.2) is 47.4 Å². The maximum Gasteiger partial charge on any atom is 0.248 e. The molecule has 2 amide bonds. The van der Waals surface area contributed by atoms with Gasteiger partial charge in [0.1, 0.15) is 11.9 Å². The highest BCUT2D eigenvalue weighted by atomic mass is 32.1. The molecule has 0 saturated carbocycles. The second-order valence-corrected chi connectivity index (χ2v) is 7.00. The Hall–Kier alpha value is -1.63. The molecular formula is C16H24N4O2S. The Morgan fingerprint density at radius 2 is 2.09 bits per heavy atom. The first-order chi connectivity index (χ1) is 11.2. The Labute approximate surface area is 140 Å². The average molecular weight is 336 g/mol. The van der Waals surface area contributed by atoms with Crippen LogP contribution in [-0.2, 0) is 9.59 Å². The first kappa shape index (κ1) is 16.2. The normalized spacial score (nSPS) is 20.0. The molecular weight excluding hydrogens is 312 g/mol. The lowest BCUT2D eigenvalue weighted by Crippen LogP contribution is -2.44. The van der Waals surface area contributed by atoms with Crippen LogP contribution in [0.2, 0.25) is 0 Å². The highest BCUT2D eigenvalue weighted by Gasteiger charge is 2.31. The third kappa shape index (κ3) is 3.65. The molecule has 2 aliphatic heterocycles. The summed E-state index contributed by atoms with van der Waals surface area (Å²) in [6.07, 6.45) is 5.72. The standard InChI is InChI=1S/C16H24N4O2S/c1-2-12(20-10-6-7-14(20)21)15(22)17-13-11-23-16(18-13)19-8-4-3-5-9-19/h11-12H,2-10H2,1H3,(H,17,22). The van der Waals surface area contributed by atoms with Crippen LogP contribution in [0.1, 0.15) is 45.4 Å². The Morgan fingerprint density at radius 3 is 2.74 bits per heavy atom. The number of carbonyl (C=O) groups excluding carboxylic acids is 2. The van der Waals surface area contributed by atoms with Crippen molar-refractivity contribution in [3.63, 3.8) is 0 Å². The van der Waals surface area contributed by atoms with E-state index in [1.165, 1.54) is 19.3 Å². The highest BCUT2D eigenvalue weighted by molar-refractivity contribution is 7.14. The molecule has 3 rings (SSSR count). The van der Waals surface area contributed by atoms with Crippen molar-refractivity contribution in [2.75, 3.05) is 29.9 Å². The Bertz CT molecular complexity index is 568. The molecule has 0 radical (unpaired) electrons. The minimum absolute atomic E-state index is 0.0827. The number of carbonyl (C=O) groups is 2. The summed E-state index contributed by atoms with van der Waals surface area (Å²) in [5.74, 6) is 0.559. The van der Waals surface area contributed by atoms with Crippen LogP contribution in [0.25, 0.3) is 0 Å². The van der Waals surface area contributed by atoms with E-state index in [2.05, 4.69) is 15.2 Å². The van der Waals surface area contributed by atoms with E-state index in [0.29, 0.717) is 25.2 Å². The van der Waals surface area contributed by atoms with Gasteiger partial charge in [-0.15, -0.1) is 11.3 Å². The van der Waals surface area contributed by atoms with Crippen molar-refractivity contribution in [1.82, 2.24) is 9.88 Å². The second kappa shape index (κ2) is 7.29. The molecule has 0 aliphatic carbocycles. The summed E-state index contributed by atoms with van der Waals surface area (Å²) < 4.78 is 0. The van der Waals surface area contributed by atoms with E-state index in [1.807, 2.05) is 12.3 Å². The third-order valence-corrected chi connectivity index (χ3v) is 5.45. The molecule has 1 aromatic rings. The molecule has 126 valence electrons. The topological polar surface area (TPSA) is 65.5 Å². The van der Waals surface area contributed by atoms with Gasteiger partial charge in [-0.1, -0.05) is 6.92 Å². The monoisotopic (exact) mass is 336 g/mol. The quantitative estimate of drug-likeness (QED) is 0.897. The van der Waals surface area contributed by atoms with Gasteiger partial charge < -0.3 is 15.1 Å². The first-order valence-corrected chi connectivity index (χ1v) is 9.38. The molecule has 0 bridgehead atoms. The van der Waals surface area contributed by atoms with E-state index in [1.54, 1.807) is 16.2 Å². The van der Waals surface area contributed by atoms with Crippen LogP contribution in [0.15, 0.2) is 5.38 Å². The molecule has 0 aromatic carbocycles. The summed E-state index contributed by atoms with van der Waals surface area (Å²) in [5, 5.41) is 5.76. The lowest BCUT2D eigenvalue weighted by molar-refractivity contribution is -0.135. The van der Waals surface area contributed by atoms with Crippen LogP contribution in [0.3, 0.4) is 0 Å². The number of hydrogen-bond donors (Lipinski definition) is 1. The van der Waals surface area contributed by atoms with Crippen LogP contribution >= 0.6 is 11.3 Å². The van der Waals surface area contributed by atoms with Crippen LogP contribution in [0.4, 0.5) is 10.9 Å². The molecule has 2 aliphatic rings. The fraction of sp³-hybridized carbons (Fsp3) is 0.688. The molecule has 1 unspecified atom stereocenters. The number of likely N-dealkylation sites (tertiary alicyclic amines) is 1. The number of nitrogens with one attached hydrogen (secondary N) is 1. The third-order valence-electron chi connectivity index (χ3n) is 4.55. The van der Waals surface area contributed by atoms with E-state index in [0.717, 1.165) is 24.6 Å². The molecule has 2 saturated heterocycles. The van der Waals surface area contributed by atoms with Gasteiger partial charge in [0.05, 0.1) is 0 Å². The van der Waals surface area contributed by atoms with Crippen molar-refractivity contribution in [2.45, 2.75) is 51.5 Å². The molecule has 2 fully saturated rings. The number of anilines is 2. The van der Waals surface area contributed by atoms with Gasteiger partial charge in [0.2, 0.25) is 11.8 Å². The summed E-state index contributed by atoms with van der Waals surface area (Å²) in [4.78, 5) is 32.9. The van der Waals surface area contributed by atoms with Crippen LogP contribution in [0.5, 0.6) is 0 Å². The van der Waals surface area contributed by atoms with Gasteiger partial charge in [-0.2, -0.15) is 0 Å². The number of nitrogens with zero attached hydrogens (tertiary/aromatic N) is 3. The summed E-state index contributed by atoms with van der Waals surface area (Å²) in [6, 6.07) is -0.384. The Kier molecular flexibility index (Phi) is 5.15. The van der Waals surface area contributed by atoms with Crippen LogP contribution in [0, 0.1) is 0 Å². The van der Waals surface area contributed by atoms with E-state index in [9.17, 15) is 9.59 Å². The van der Waals surface area contributed by atoms with Crippen molar-refractivity contribution >= 4 is 34.1 Å². The van der Waals surface area contributed by atoms with Gasteiger partial charge in [0.15, 0.2) is 5.13 Å². The van der Waals surface area contributed by atoms with Gasteiger partial charge in [0.25, 0.3) is 0 Å². The van der Waals surface area contributed by atoms with E-state index in [-0.39, 0.29) is 17.9 Å². The number of hydrogen-bond acceptors (Lipinski definition) is 5. The zero-order chi connectivity index (χ0) is 16.2. The van der Waals surface area contributed by atoms with Crippen LogP contribution < -0.4 is 10.2 Å². The predicted octanol–water partition coefficient (Wildman–Crippen LogP) is 2.47. The molecule has 1 aromatic heterocycles. The predicted molar refractivity (Wildman–Crippen MR) is 91.8 cm³/mol. The smallest absolute Gasteiger partial charge is 0.248 e. The lowest BCUT2D eigenvalue weighted by atomic mass is 10.1. The fourth-order valence-corrected chi connectivity index (χ4v) is 4.12. The Balaban J connectivity index is 1.62. The molecule has 23 heavy (non-hydrogen) atoms. The zero-order valence-electron chi connectivity index (χ0n) is 13.6. The molecule has 3 heterocycles. The van der Waals surface area contributed by atoms with Gasteiger partial charge in [0, 0.05) is 31.4 Å². The van der Waals surface area contributed by atoms with Crippen molar-refractivity contribution in [2.24, 2.45) is 0 Å². The maximum atomic E-state index is 12.5. The van der Waals surface area contributed by atoms with Gasteiger partial charge in [-0.3, -0.25) is 9.59 Å². The minimum atomic E-state index is -0.384. The molecule has 0 spiro atoms. The number of rotatable bonds is 5. The molecule has 6 nitrogen and oxygen atoms in total. The van der Waals surface area contributed by atoms with Crippen molar-refractivity contribution < 1.29 is 9.59 Å². The fourth-order valence-electron chi connectivity index (χ4n) is 3.31. The SMILES string of the molecule is CCC(C(=O)Nc1csc(N2CCCCC2)n1)N1CCCC1=O. The first-order valence-electron chi connectivity index (χ1n) is 8.50. The van der Waals surface area contributed by atoms with Crippen molar-refractivity contribution in [3.8, 4) is 0 Å². The number of amides is 2. The molecule has 1 N–H and O–H groups in total. The van der Waals surface area contributed by atoms with E-state index < -0.39 is 0 Å². The highest BCUT2D eigenvalue weighted by Crippen LogP contribution is 2.26. The summed E-state index contributed by atoms with van der Waals surface area (Å²) in [6.45, 7) is 4.71. The number of thiazole rings is 1. The minimum Gasteiger partial charge on any atom is -0.348 e. The largest absolute Gasteiger partial charge is 0.348 e. The zero-order valence-corrected chi connectivity index (χ0v) is 14.4. The number of aromatic nitrogens is 1. The average Bonchev–Trinajstić information content (AvgIpc) is 3.19. The van der Waals surface area contributed by atoms with Gasteiger partial charge in [-0.05, 0) is 32.1 Å². The van der Waals surface area contributed by atoms with Crippen molar-refractivity contribution in [1.29, 1.82) is 0 Å². The summed E-state index contributed by atoms with van der Waals surface area (Å²) >= 11 is 1.57. The molecule has 1 atom stereocenters. The second-order valence-electron chi connectivity index (χ2n) is 6.17. The maximum absolute atomic E-state index is 12.5. The van der Waals surface area contributed by atoms with Gasteiger partial charge >= 0.3 is 0 Å². The number of piperidine rings is 1. The molecule has 7 heteroatoms.